The van der Waals surface area contributed by atoms with Gasteiger partial charge in [0.1, 0.15) is 5.60 Å². The third-order valence-corrected chi connectivity index (χ3v) is 8.52. The standard InChI is InChI=1S/C30H39N5O3/c1-20(2)21-6-8-24(9-7-21)30(37,29(3)18-34(4)19-29)25-14-23(16-31-17-25)27-15-26(32-33-27)22-10-12-35(13-11-22)28(36)38-5/h6-9,14-17,20,22,37H,10-13,18-19H2,1-5H3,(H,32,33)/t30-/m0/s1. The molecule has 2 saturated heterocycles. The molecule has 2 N–H and O–H groups in total. The number of methoxy groups -OCH3 is 1. The van der Waals surface area contributed by atoms with Crippen molar-refractivity contribution in [1.82, 2.24) is 25.0 Å². The van der Waals surface area contributed by atoms with Crippen molar-refractivity contribution in [2.24, 2.45) is 5.41 Å². The number of nitrogens with one attached hydrogen (secondary N) is 1. The summed E-state index contributed by atoms with van der Waals surface area (Å²) >= 11 is 0. The summed E-state index contributed by atoms with van der Waals surface area (Å²) in [7, 11) is 3.50. The van der Waals surface area contributed by atoms with Crippen LogP contribution in [0.4, 0.5) is 4.79 Å². The van der Waals surface area contributed by atoms with Crippen LogP contribution in [0.3, 0.4) is 0 Å². The first-order valence-electron chi connectivity index (χ1n) is 13.5. The van der Waals surface area contributed by atoms with Gasteiger partial charge < -0.3 is 19.6 Å². The van der Waals surface area contributed by atoms with Crippen molar-refractivity contribution in [3.05, 3.63) is 71.2 Å². The number of hydrogen-bond acceptors (Lipinski definition) is 6. The van der Waals surface area contributed by atoms with Crippen molar-refractivity contribution >= 4 is 6.09 Å². The molecule has 0 aliphatic carbocycles. The molecule has 2 aromatic heterocycles. The molecule has 202 valence electrons. The second kappa shape index (κ2) is 10.2. The number of pyridine rings is 1. The first-order valence-corrected chi connectivity index (χ1v) is 13.5. The molecule has 3 aromatic rings. The highest BCUT2D eigenvalue weighted by Gasteiger charge is 2.55. The molecule has 0 bridgehead atoms. The maximum absolute atomic E-state index is 12.5. The average molecular weight is 518 g/mol. The van der Waals surface area contributed by atoms with Crippen LogP contribution in [0.1, 0.15) is 67.8 Å². The van der Waals surface area contributed by atoms with E-state index >= 15 is 0 Å². The van der Waals surface area contributed by atoms with Crippen molar-refractivity contribution in [3.63, 3.8) is 0 Å². The summed E-state index contributed by atoms with van der Waals surface area (Å²) in [6.45, 7) is 9.42. The van der Waals surface area contributed by atoms with Crippen LogP contribution < -0.4 is 0 Å². The fraction of sp³-hybridized carbons (Fsp3) is 0.500. The van der Waals surface area contributed by atoms with Gasteiger partial charge in [0.2, 0.25) is 0 Å². The Bertz CT molecular complexity index is 1270. The van der Waals surface area contributed by atoms with Crippen LogP contribution in [-0.2, 0) is 10.3 Å². The Morgan fingerprint density at radius 2 is 1.82 bits per heavy atom. The van der Waals surface area contributed by atoms with Gasteiger partial charge in [-0.25, -0.2) is 4.79 Å². The fourth-order valence-corrected chi connectivity index (χ4v) is 6.32. The molecule has 0 radical (unpaired) electrons. The van der Waals surface area contributed by atoms with Crippen LogP contribution in [0.15, 0.2) is 48.8 Å². The van der Waals surface area contributed by atoms with Crippen molar-refractivity contribution in [1.29, 1.82) is 0 Å². The lowest BCUT2D eigenvalue weighted by atomic mass is 9.62. The van der Waals surface area contributed by atoms with Crippen molar-refractivity contribution < 1.29 is 14.6 Å². The van der Waals surface area contributed by atoms with Gasteiger partial charge in [-0.05, 0) is 49.1 Å². The topological polar surface area (TPSA) is 94.6 Å². The number of nitrogens with zero attached hydrogens (tertiary/aromatic N) is 4. The van der Waals surface area contributed by atoms with E-state index in [2.05, 4.69) is 78.2 Å². The van der Waals surface area contributed by atoms with E-state index in [4.69, 9.17) is 4.74 Å². The van der Waals surface area contributed by atoms with Gasteiger partial charge in [-0.2, -0.15) is 5.10 Å². The maximum atomic E-state index is 12.5. The molecular formula is C30H39N5O3. The van der Waals surface area contributed by atoms with Gasteiger partial charge in [-0.1, -0.05) is 45.0 Å². The Morgan fingerprint density at radius 1 is 1.13 bits per heavy atom. The zero-order valence-corrected chi connectivity index (χ0v) is 23.1. The first kappa shape index (κ1) is 26.4. The Kier molecular flexibility index (Phi) is 7.05. The number of carbonyl (C=O) groups excluding carboxylic acids is 1. The summed E-state index contributed by atoms with van der Waals surface area (Å²) in [5.74, 6) is 0.725. The molecule has 2 aliphatic heterocycles. The smallest absolute Gasteiger partial charge is 0.409 e. The zero-order chi connectivity index (χ0) is 27.1. The van der Waals surface area contributed by atoms with Gasteiger partial charge in [0.25, 0.3) is 0 Å². The number of aromatic amines is 1. The van der Waals surface area contributed by atoms with Crippen LogP contribution in [-0.4, -0.2) is 76.5 Å². The second-order valence-corrected chi connectivity index (χ2v) is 11.6. The highest BCUT2D eigenvalue weighted by atomic mass is 16.5. The van der Waals surface area contributed by atoms with E-state index in [1.54, 1.807) is 17.3 Å². The molecule has 0 saturated carbocycles. The number of hydrogen-bond donors (Lipinski definition) is 2. The van der Waals surface area contributed by atoms with Gasteiger partial charge in [0, 0.05) is 66.7 Å². The highest BCUT2D eigenvalue weighted by molar-refractivity contribution is 5.67. The van der Waals surface area contributed by atoms with Crippen LogP contribution >= 0.6 is 0 Å². The van der Waals surface area contributed by atoms with E-state index in [1.807, 2.05) is 6.07 Å². The summed E-state index contributed by atoms with van der Waals surface area (Å²) in [5.41, 5.74) is 4.09. The molecule has 8 heteroatoms. The minimum atomic E-state index is -1.20. The van der Waals surface area contributed by atoms with Crippen LogP contribution in [0.25, 0.3) is 11.3 Å². The normalized spacial score (nSPS) is 19.7. The van der Waals surface area contributed by atoms with Gasteiger partial charge in [-0.3, -0.25) is 10.1 Å². The summed E-state index contributed by atoms with van der Waals surface area (Å²) in [6.07, 6.45) is 5.04. The fourth-order valence-electron chi connectivity index (χ4n) is 6.32. The molecule has 5 rings (SSSR count). The largest absolute Gasteiger partial charge is 0.453 e. The Balaban J connectivity index is 1.44. The lowest BCUT2D eigenvalue weighted by Gasteiger charge is -2.55. The van der Waals surface area contributed by atoms with E-state index in [-0.39, 0.29) is 11.5 Å². The third-order valence-electron chi connectivity index (χ3n) is 8.52. The number of amides is 1. The zero-order valence-electron chi connectivity index (χ0n) is 23.1. The van der Waals surface area contributed by atoms with E-state index < -0.39 is 5.60 Å². The van der Waals surface area contributed by atoms with Gasteiger partial charge in [-0.15, -0.1) is 0 Å². The number of rotatable bonds is 6. The number of piperidine rings is 1. The summed E-state index contributed by atoms with van der Waals surface area (Å²) in [5, 5.41) is 20.3. The molecule has 1 aromatic carbocycles. The number of benzene rings is 1. The predicted molar refractivity (Wildman–Crippen MR) is 147 cm³/mol. The van der Waals surface area contributed by atoms with Crippen LogP contribution in [0.5, 0.6) is 0 Å². The minimum Gasteiger partial charge on any atom is -0.453 e. The molecule has 2 aliphatic rings. The van der Waals surface area contributed by atoms with E-state index in [0.29, 0.717) is 24.9 Å². The van der Waals surface area contributed by atoms with E-state index in [0.717, 1.165) is 54.0 Å². The molecule has 1 amide bonds. The SMILES string of the molecule is COC(=O)N1CCC(c2cc(-c3cncc([C@@](O)(c4ccc(C(C)C)cc4)C4(C)CN(C)C4)c3)n[nH]2)CC1. The lowest BCUT2D eigenvalue weighted by Crippen LogP contribution is -2.63. The molecule has 0 spiro atoms. The minimum absolute atomic E-state index is 0.269. The maximum Gasteiger partial charge on any atom is 0.409 e. The number of carbonyl (C=O) groups is 1. The summed E-state index contributed by atoms with van der Waals surface area (Å²) < 4.78 is 4.86. The molecule has 8 nitrogen and oxygen atoms in total. The monoisotopic (exact) mass is 517 g/mol. The predicted octanol–water partition coefficient (Wildman–Crippen LogP) is 4.73. The average Bonchev–Trinajstić information content (AvgIpc) is 3.42. The first-order chi connectivity index (χ1) is 18.1. The van der Waals surface area contributed by atoms with Crippen LogP contribution in [0, 0.1) is 5.41 Å². The summed E-state index contributed by atoms with van der Waals surface area (Å²) in [4.78, 5) is 20.4. The van der Waals surface area contributed by atoms with E-state index in [1.165, 1.54) is 12.7 Å². The number of H-pyrrole nitrogens is 1. The van der Waals surface area contributed by atoms with Gasteiger partial charge in [0.05, 0.1) is 12.8 Å². The quantitative estimate of drug-likeness (QED) is 0.491. The molecule has 38 heavy (non-hydrogen) atoms. The van der Waals surface area contributed by atoms with Gasteiger partial charge >= 0.3 is 6.09 Å². The number of aliphatic hydroxyl groups is 1. The lowest BCUT2D eigenvalue weighted by molar-refractivity contribution is -0.127. The Hall–Kier alpha value is -3.23. The molecule has 1 atom stereocenters. The van der Waals surface area contributed by atoms with Crippen LogP contribution in [0.2, 0.25) is 0 Å². The number of ether oxygens (including phenoxy) is 1. The second-order valence-electron chi connectivity index (χ2n) is 11.6. The molecule has 2 fully saturated rings. The Labute approximate surface area is 225 Å². The third kappa shape index (κ3) is 4.60. The van der Waals surface area contributed by atoms with Crippen molar-refractivity contribution in [2.45, 2.75) is 51.0 Å². The summed E-state index contributed by atoms with van der Waals surface area (Å²) in [6, 6.07) is 12.5. The molecule has 4 heterocycles. The Morgan fingerprint density at radius 3 is 2.42 bits per heavy atom. The number of aromatic nitrogens is 3. The van der Waals surface area contributed by atoms with Crippen molar-refractivity contribution in [2.75, 3.05) is 40.3 Å². The van der Waals surface area contributed by atoms with Gasteiger partial charge in [0.15, 0.2) is 0 Å². The van der Waals surface area contributed by atoms with E-state index in [9.17, 15) is 9.90 Å². The molecule has 0 unspecified atom stereocenters. The van der Waals surface area contributed by atoms with Crippen molar-refractivity contribution in [3.8, 4) is 11.3 Å². The highest BCUT2D eigenvalue weighted by Crippen LogP contribution is 2.50. The number of likely N-dealkylation sites (tertiary alicyclic amines) is 2. The molecular weight excluding hydrogens is 478 g/mol.